The number of benzene rings is 1. The third-order valence-corrected chi connectivity index (χ3v) is 13.7. The standard InChI is InChI=1S/C33H50O3S/c1-22(2)10-9-11-23(3)26-16-17-27-25-14-15-29-31(37(35,36)24-12-7-6-8-13-24)30(34)19-21-33(29,5)28(25)18-20-32(26,27)4/h6-8,12-13,22-23,25-28,30,34H,9-11,14-21H2,1-5H3/t23-,25+,26-,27+,28+,30-,32-,33-/m1/s1. The molecule has 37 heavy (non-hydrogen) atoms. The molecule has 1 aromatic rings. The van der Waals surface area contributed by atoms with E-state index >= 15 is 0 Å². The van der Waals surface area contributed by atoms with Gasteiger partial charge >= 0.3 is 0 Å². The lowest BCUT2D eigenvalue weighted by Crippen LogP contribution is -2.52. The summed E-state index contributed by atoms with van der Waals surface area (Å²) in [5, 5.41) is 11.1. The highest BCUT2D eigenvalue weighted by molar-refractivity contribution is 7.95. The molecule has 206 valence electrons. The fraction of sp³-hybridized carbons (Fsp3) is 0.758. The van der Waals surface area contributed by atoms with Crippen LogP contribution in [0.15, 0.2) is 45.7 Å². The number of rotatable bonds is 7. The van der Waals surface area contributed by atoms with Gasteiger partial charge in [0.1, 0.15) is 0 Å². The molecule has 0 radical (unpaired) electrons. The number of aliphatic hydroxyl groups excluding tert-OH is 1. The van der Waals surface area contributed by atoms with Gasteiger partial charge in [-0.15, -0.1) is 0 Å². The molecule has 0 unspecified atom stereocenters. The van der Waals surface area contributed by atoms with E-state index in [9.17, 15) is 13.5 Å². The predicted molar refractivity (Wildman–Crippen MR) is 152 cm³/mol. The van der Waals surface area contributed by atoms with E-state index in [0.717, 1.165) is 48.5 Å². The molecule has 1 N–H and O–H groups in total. The summed E-state index contributed by atoms with van der Waals surface area (Å²) in [6, 6.07) is 8.78. The van der Waals surface area contributed by atoms with Crippen LogP contribution in [0.2, 0.25) is 0 Å². The van der Waals surface area contributed by atoms with E-state index in [0.29, 0.717) is 33.5 Å². The van der Waals surface area contributed by atoms with Crippen molar-refractivity contribution in [2.45, 2.75) is 116 Å². The van der Waals surface area contributed by atoms with E-state index in [-0.39, 0.29) is 5.41 Å². The van der Waals surface area contributed by atoms with Crippen LogP contribution < -0.4 is 0 Å². The van der Waals surface area contributed by atoms with Crippen LogP contribution in [0, 0.1) is 46.3 Å². The van der Waals surface area contributed by atoms with Crippen LogP contribution in [-0.2, 0) is 9.84 Å². The minimum atomic E-state index is -3.69. The van der Waals surface area contributed by atoms with Crippen molar-refractivity contribution in [2.24, 2.45) is 46.3 Å². The Labute approximate surface area is 226 Å². The topological polar surface area (TPSA) is 54.4 Å². The lowest BCUT2D eigenvalue weighted by Gasteiger charge is -2.59. The van der Waals surface area contributed by atoms with Gasteiger partial charge in [-0.2, -0.15) is 0 Å². The van der Waals surface area contributed by atoms with Crippen LogP contribution in [0.25, 0.3) is 0 Å². The van der Waals surface area contributed by atoms with Crippen molar-refractivity contribution >= 4 is 9.84 Å². The van der Waals surface area contributed by atoms with Gasteiger partial charge in [-0.25, -0.2) is 8.42 Å². The molecule has 0 spiro atoms. The second-order valence-corrected chi connectivity index (χ2v) is 16.0. The van der Waals surface area contributed by atoms with Crippen molar-refractivity contribution in [1.29, 1.82) is 0 Å². The molecular formula is C33H50O3S. The summed E-state index contributed by atoms with van der Waals surface area (Å²) in [6.45, 7) is 12.2. The van der Waals surface area contributed by atoms with E-state index in [1.54, 1.807) is 24.3 Å². The summed E-state index contributed by atoms with van der Waals surface area (Å²) in [5.41, 5.74) is 1.39. The van der Waals surface area contributed by atoms with Crippen LogP contribution in [0.3, 0.4) is 0 Å². The molecule has 4 aliphatic rings. The Kier molecular flexibility index (Phi) is 7.50. The molecule has 5 rings (SSSR count). The number of sulfone groups is 1. The predicted octanol–water partition coefficient (Wildman–Crippen LogP) is 8.19. The Balaban J connectivity index is 1.42. The SMILES string of the molecule is CC(C)CCC[C@@H](C)[C@H]1CC[C@H]2[C@@H]3CCC4=C(S(=O)(=O)c5ccccc5)[C@H](O)CC[C@]4(C)[C@H]3CC[C@]12C. The molecule has 1 aromatic carbocycles. The first kappa shape index (κ1) is 27.4. The Hall–Kier alpha value is -1.13. The Morgan fingerprint density at radius 1 is 0.919 bits per heavy atom. The maximum Gasteiger partial charge on any atom is 0.205 e. The van der Waals surface area contributed by atoms with E-state index in [1.807, 2.05) is 6.07 Å². The maximum absolute atomic E-state index is 13.8. The monoisotopic (exact) mass is 526 g/mol. The highest BCUT2D eigenvalue weighted by atomic mass is 32.2. The lowest BCUT2D eigenvalue weighted by molar-refractivity contribution is -0.0631. The first-order valence-electron chi connectivity index (χ1n) is 15.2. The Morgan fingerprint density at radius 3 is 2.35 bits per heavy atom. The van der Waals surface area contributed by atoms with Gasteiger partial charge in [-0.05, 0) is 115 Å². The van der Waals surface area contributed by atoms with Gasteiger partial charge in [0.05, 0.1) is 15.9 Å². The molecule has 4 aliphatic carbocycles. The zero-order valence-corrected chi connectivity index (χ0v) is 24.7. The average molecular weight is 527 g/mol. The highest BCUT2D eigenvalue weighted by Crippen LogP contribution is 2.68. The molecule has 4 heteroatoms. The normalized spacial score (nSPS) is 38.7. The van der Waals surface area contributed by atoms with Crippen LogP contribution in [0.1, 0.15) is 105 Å². The minimum Gasteiger partial charge on any atom is -0.388 e. The molecule has 0 amide bonds. The van der Waals surface area contributed by atoms with Crippen molar-refractivity contribution in [3.63, 3.8) is 0 Å². The van der Waals surface area contributed by atoms with Gasteiger partial charge in [0.15, 0.2) is 0 Å². The molecule has 0 saturated heterocycles. The van der Waals surface area contributed by atoms with E-state index in [1.165, 1.54) is 44.9 Å². The minimum absolute atomic E-state index is 0.109. The number of allylic oxidation sites excluding steroid dienone is 1. The maximum atomic E-state index is 13.8. The largest absolute Gasteiger partial charge is 0.388 e. The number of hydrogen-bond acceptors (Lipinski definition) is 3. The quantitative estimate of drug-likeness (QED) is 0.390. The molecule has 0 aliphatic heterocycles. The van der Waals surface area contributed by atoms with Crippen molar-refractivity contribution in [1.82, 2.24) is 0 Å². The van der Waals surface area contributed by atoms with Gasteiger partial charge < -0.3 is 5.11 Å². The van der Waals surface area contributed by atoms with Gasteiger partial charge in [-0.3, -0.25) is 0 Å². The molecule has 0 bridgehead atoms. The molecule has 0 heterocycles. The molecule has 3 fully saturated rings. The average Bonchev–Trinajstić information content (AvgIpc) is 3.22. The molecule has 3 nitrogen and oxygen atoms in total. The van der Waals surface area contributed by atoms with Crippen LogP contribution in [0.5, 0.6) is 0 Å². The number of aliphatic hydroxyl groups is 1. The zero-order chi connectivity index (χ0) is 26.6. The fourth-order valence-electron chi connectivity index (χ4n) is 9.90. The molecule has 8 atom stereocenters. The summed E-state index contributed by atoms with van der Waals surface area (Å²) < 4.78 is 27.6. The molecular weight excluding hydrogens is 476 g/mol. The van der Waals surface area contributed by atoms with Crippen molar-refractivity contribution in [2.75, 3.05) is 0 Å². The first-order chi connectivity index (χ1) is 17.5. The van der Waals surface area contributed by atoms with Crippen molar-refractivity contribution < 1.29 is 13.5 Å². The number of hydrogen-bond donors (Lipinski definition) is 1. The Morgan fingerprint density at radius 2 is 1.65 bits per heavy atom. The third kappa shape index (κ3) is 4.56. The smallest absolute Gasteiger partial charge is 0.205 e. The summed E-state index contributed by atoms with van der Waals surface area (Å²) in [5.74, 6) is 4.42. The van der Waals surface area contributed by atoms with Gasteiger partial charge in [0, 0.05) is 0 Å². The highest BCUT2D eigenvalue weighted by Gasteiger charge is 2.60. The lowest BCUT2D eigenvalue weighted by atomic mass is 9.46. The summed E-state index contributed by atoms with van der Waals surface area (Å²) in [7, 11) is -3.69. The van der Waals surface area contributed by atoms with Crippen LogP contribution in [-0.4, -0.2) is 19.6 Å². The molecule has 3 saturated carbocycles. The molecule has 0 aromatic heterocycles. The fourth-order valence-corrected chi connectivity index (χ4v) is 11.8. The van der Waals surface area contributed by atoms with E-state index < -0.39 is 15.9 Å². The van der Waals surface area contributed by atoms with E-state index in [4.69, 9.17) is 0 Å². The van der Waals surface area contributed by atoms with Crippen molar-refractivity contribution in [3.8, 4) is 0 Å². The second-order valence-electron chi connectivity index (χ2n) is 14.1. The summed E-state index contributed by atoms with van der Waals surface area (Å²) in [6.07, 6.45) is 11.8. The van der Waals surface area contributed by atoms with Crippen LogP contribution >= 0.6 is 0 Å². The summed E-state index contributed by atoms with van der Waals surface area (Å²) in [4.78, 5) is 0.673. The first-order valence-corrected chi connectivity index (χ1v) is 16.7. The van der Waals surface area contributed by atoms with Crippen molar-refractivity contribution in [3.05, 3.63) is 40.8 Å². The van der Waals surface area contributed by atoms with Gasteiger partial charge in [0.2, 0.25) is 9.84 Å². The van der Waals surface area contributed by atoms with Gasteiger partial charge in [-0.1, -0.05) is 72.1 Å². The van der Waals surface area contributed by atoms with E-state index in [2.05, 4.69) is 34.6 Å². The van der Waals surface area contributed by atoms with Gasteiger partial charge in [0.25, 0.3) is 0 Å². The number of fused-ring (bicyclic) bond motifs is 5. The second kappa shape index (κ2) is 10.1. The Bertz CT molecular complexity index is 1110. The summed E-state index contributed by atoms with van der Waals surface area (Å²) >= 11 is 0. The zero-order valence-electron chi connectivity index (χ0n) is 23.9. The third-order valence-electron chi connectivity index (χ3n) is 11.8. The van der Waals surface area contributed by atoms with Crippen LogP contribution in [0.4, 0.5) is 0 Å².